The molecule has 0 unspecified atom stereocenters. The van der Waals surface area contributed by atoms with E-state index in [2.05, 4.69) is 36.4 Å². The number of rotatable bonds is 4. The van der Waals surface area contributed by atoms with Crippen molar-refractivity contribution in [1.82, 2.24) is 0 Å². The van der Waals surface area contributed by atoms with Gasteiger partial charge < -0.3 is 9.47 Å². The lowest BCUT2D eigenvalue weighted by molar-refractivity contribution is 0.349. The maximum Gasteiger partial charge on any atom is 0.161 e. The van der Waals surface area contributed by atoms with Gasteiger partial charge in [-0.2, -0.15) is 0 Å². The van der Waals surface area contributed by atoms with Crippen LogP contribution in [0.25, 0.3) is 0 Å². The topological polar surface area (TPSA) is 30.8 Å². The summed E-state index contributed by atoms with van der Waals surface area (Å²) in [6.07, 6.45) is 11.8. The zero-order valence-corrected chi connectivity index (χ0v) is 18.3. The normalized spacial score (nSPS) is 23.9. The summed E-state index contributed by atoms with van der Waals surface area (Å²) in [5.74, 6) is 2.85. The Morgan fingerprint density at radius 2 is 1.43 bits per heavy atom. The van der Waals surface area contributed by atoms with E-state index >= 15 is 0 Å². The third-order valence-corrected chi connectivity index (χ3v) is 7.50. The molecule has 3 heteroatoms. The highest BCUT2D eigenvalue weighted by Gasteiger charge is 2.34. The molecular formula is C27H33NO2. The van der Waals surface area contributed by atoms with Crippen molar-refractivity contribution in [2.24, 2.45) is 4.99 Å². The number of methoxy groups -OCH3 is 2. The van der Waals surface area contributed by atoms with Crippen molar-refractivity contribution < 1.29 is 9.47 Å². The lowest BCUT2D eigenvalue weighted by Crippen LogP contribution is -2.29. The van der Waals surface area contributed by atoms with Gasteiger partial charge in [-0.25, -0.2) is 0 Å². The van der Waals surface area contributed by atoms with Crippen molar-refractivity contribution in [3.8, 4) is 11.5 Å². The Balaban J connectivity index is 1.55. The van der Waals surface area contributed by atoms with Gasteiger partial charge in [0.1, 0.15) is 0 Å². The number of hydrogen-bond acceptors (Lipinski definition) is 3. The van der Waals surface area contributed by atoms with Gasteiger partial charge >= 0.3 is 0 Å². The predicted octanol–water partition coefficient (Wildman–Crippen LogP) is 6.63. The van der Waals surface area contributed by atoms with Gasteiger partial charge in [0.2, 0.25) is 0 Å². The van der Waals surface area contributed by atoms with Crippen molar-refractivity contribution in [1.29, 1.82) is 0 Å². The third-order valence-electron chi connectivity index (χ3n) is 7.50. The number of benzene rings is 2. The third kappa shape index (κ3) is 3.53. The van der Waals surface area contributed by atoms with E-state index in [4.69, 9.17) is 14.5 Å². The Labute approximate surface area is 180 Å². The van der Waals surface area contributed by atoms with Crippen LogP contribution in [0.2, 0.25) is 0 Å². The van der Waals surface area contributed by atoms with E-state index in [1.807, 2.05) is 0 Å². The molecule has 0 aromatic heterocycles. The first-order valence-electron chi connectivity index (χ1n) is 11.7. The van der Waals surface area contributed by atoms with Crippen LogP contribution in [0.4, 0.5) is 0 Å². The zero-order chi connectivity index (χ0) is 20.5. The minimum absolute atomic E-state index is 0.386. The van der Waals surface area contributed by atoms with E-state index in [1.165, 1.54) is 80.0 Å². The molecule has 0 spiro atoms. The molecule has 30 heavy (non-hydrogen) atoms. The smallest absolute Gasteiger partial charge is 0.161 e. The van der Waals surface area contributed by atoms with Crippen LogP contribution < -0.4 is 9.47 Å². The first kappa shape index (κ1) is 19.7. The van der Waals surface area contributed by atoms with Crippen LogP contribution in [0.5, 0.6) is 11.5 Å². The van der Waals surface area contributed by atoms with Crippen LogP contribution in [0.15, 0.2) is 41.4 Å². The highest BCUT2D eigenvalue weighted by Crippen LogP contribution is 2.45. The predicted molar refractivity (Wildman–Crippen MR) is 122 cm³/mol. The molecule has 158 valence electrons. The van der Waals surface area contributed by atoms with Gasteiger partial charge in [0.15, 0.2) is 11.5 Å². The highest BCUT2D eigenvalue weighted by atomic mass is 16.5. The largest absolute Gasteiger partial charge is 0.493 e. The lowest BCUT2D eigenvalue weighted by atomic mass is 9.75. The Morgan fingerprint density at radius 1 is 0.767 bits per heavy atom. The van der Waals surface area contributed by atoms with Crippen LogP contribution in [0.3, 0.4) is 0 Å². The monoisotopic (exact) mass is 403 g/mol. The molecule has 3 aliphatic rings. The molecule has 2 aliphatic carbocycles. The summed E-state index contributed by atoms with van der Waals surface area (Å²) >= 11 is 0. The van der Waals surface area contributed by atoms with Crippen LogP contribution in [-0.4, -0.2) is 26.0 Å². The van der Waals surface area contributed by atoms with Gasteiger partial charge in [-0.1, -0.05) is 56.4 Å². The molecule has 5 rings (SSSR count). The van der Waals surface area contributed by atoms with Crippen molar-refractivity contribution in [3.05, 3.63) is 58.7 Å². The Kier molecular flexibility index (Phi) is 5.54. The molecule has 2 aromatic carbocycles. The minimum Gasteiger partial charge on any atom is -0.493 e. The number of ether oxygens (including phenoxy) is 2. The summed E-state index contributed by atoms with van der Waals surface area (Å²) in [7, 11) is 3.44. The maximum atomic E-state index is 5.64. The van der Waals surface area contributed by atoms with E-state index in [-0.39, 0.29) is 0 Å². The molecule has 2 aromatic rings. The quantitative estimate of drug-likeness (QED) is 0.574. The van der Waals surface area contributed by atoms with Gasteiger partial charge in [0.25, 0.3) is 0 Å². The van der Waals surface area contributed by atoms with Crippen LogP contribution in [0.1, 0.15) is 91.9 Å². The molecular weight excluding hydrogens is 370 g/mol. The Morgan fingerprint density at radius 3 is 2.17 bits per heavy atom. The summed E-state index contributed by atoms with van der Waals surface area (Å²) in [6.45, 7) is 0. The molecule has 0 radical (unpaired) electrons. The molecule has 2 fully saturated rings. The molecule has 1 heterocycles. The molecule has 2 saturated carbocycles. The summed E-state index contributed by atoms with van der Waals surface area (Å²) in [6, 6.07) is 14.0. The summed E-state index contributed by atoms with van der Waals surface area (Å²) in [5, 5.41) is 0. The van der Waals surface area contributed by atoms with Gasteiger partial charge in [-0.3, -0.25) is 4.99 Å². The van der Waals surface area contributed by atoms with Crippen molar-refractivity contribution >= 4 is 5.71 Å². The molecule has 1 aliphatic heterocycles. The molecule has 0 amide bonds. The lowest BCUT2D eigenvalue weighted by Gasteiger charge is -2.36. The van der Waals surface area contributed by atoms with E-state index in [0.29, 0.717) is 12.0 Å². The van der Waals surface area contributed by atoms with Crippen molar-refractivity contribution in [3.63, 3.8) is 0 Å². The van der Waals surface area contributed by atoms with Gasteiger partial charge in [-0.05, 0) is 54.9 Å². The Hall–Kier alpha value is -2.29. The fraction of sp³-hybridized carbons (Fsp3) is 0.519. The number of nitrogens with zero attached hydrogens (tertiary/aromatic N) is 1. The van der Waals surface area contributed by atoms with E-state index in [0.717, 1.165) is 23.1 Å². The van der Waals surface area contributed by atoms with Crippen molar-refractivity contribution in [2.75, 3.05) is 14.2 Å². The van der Waals surface area contributed by atoms with E-state index in [1.54, 1.807) is 14.2 Å². The second-order valence-corrected chi connectivity index (χ2v) is 9.19. The fourth-order valence-electron chi connectivity index (χ4n) is 5.85. The van der Waals surface area contributed by atoms with Crippen LogP contribution >= 0.6 is 0 Å². The SMILES string of the molecule is COc1cc2c(cc1OC)[C@@H]1CCCC[C@@H]1N=C2c1ccc(C2CCCCC2)cc1. The first-order valence-corrected chi connectivity index (χ1v) is 11.7. The van der Waals surface area contributed by atoms with Crippen LogP contribution in [0, 0.1) is 0 Å². The Bertz CT molecular complexity index is 925. The van der Waals surface area contributed by atoms with E-state index < -0.39 is 0 Å². The standard InChI is InChI=1S/C27H33NO2/c1-29-25-16-22-21-10-6-7-11-24(21)28-27(23(22)17-26(25)30-2)20-14-12-19(13-15-20)18-8-4-3-5-9-18/h12-18,21,24H,3-11H2,1-2H3/t21-,24-/m0/s1. The zero-order valence-electron chi connectivity index (χ0n) is 18.3. The fourth-order valence-corrected chi connectivity index (χ4v) is 5.85. The second-order valence-electron chi connectivity index (χ2n) is 9.19. The summed E-state index contributed by atoms with van der Waals surface area (Å²) in [5.41, 5.74) is 6.47. The summed E-state index contributed by atoms with van der Waals surface area (Å²) in [4.78, 5) is 5.31. The van der Waals surface area contributed by atoms with Gasteiger partial charge in [0, 0.05) is 17.0 Å². The first-order chi connectivity index (χ1) is 14.8. The highest BCUT2D eigenvalue weighted by molar-refractivity contribution is 6.15. The number of hydrogen-bond donors (Lipinski definition) is 0. The molecule has 3 nitrogen and oxygen atoms in total. The van der Waals surface area contributed by atoms with Gasteiger partial charge in [0.05, 0.1) is 26.0 Å². The second kappa shape index (κ2) is 8.45. The maximum absolute atomic E-state index is 5.64. The average Bonchev–Trinajstić information content (AvgIpc) is 2.83. The molecule has 0 saturated heterocycles. The summed E-state index contributed by atoms with van der Waals surface area (Å²) < 4.78 is 11.3. The van der Waals surface area contributed by atoms with Gasteiger partial charge in [-0.15, -0.1) is 0 Å². The number of aliphatic imine (C=N–C) groups is 1. The van der Waals surface area contributed by atoms with Crippen LogP contribution in [-0.2, 0) is 0 Å². The molecule has 2 atom stereocenters. The average molecular weight is 404 g/mol. The van der Waals surface area contributed by atoms with E-state index in [9.17, 15) is 0 Å². The molecule has 0 bridgehead atoms. The molecule has 0 N–H and O–H groups in total. The minimum atomic E-state index is 0.386. The van der Waals surface area contributed by atoms with Crippen molar-refractivity contribution in [2.45, 2.75) is 75.7 Å². The number of fused-ring (bicyclic) bond motifs is 3.